The highest BCUT2D eigenvalue weighted by Crippen LogP contribution is 2.41. The predicted octanol–water partition coefficient (Wildman–Crippen LogP) is 0.716. The summed E-state index contributed by atoms with van der Waals surface area (Å²) in [6.45, 7) is 0. The normalized spacial score (nSPS) is 16.1. The Bertz CT molecular complexity index is 939. The van der Waals surface area contributed by atoms with Crippen molar-refractivity contribution < 1.29 is 19.1 Å². The van der Waals surface area contributed by atoms with E-state index >= 15 is 0 Å². The molecule has 8 nitrogen and oxygen atoms in total. The molecule has 0 heterocycles. The zero-order valence-corrected chi connectivity index (χ0v) is 15.7. The number of esters is 1. The molecule has 150 valence electrons. The highest BCUT2D eigenvalue weighted by atomic mass is 16.6. The van der Waals surface area contributed by atoms with Gasteiger partial charge in [-0.15, -0.1) is 0 Å². The van der Waals surface area contributed by atoms with Gasteiger partial charge in [0.25, 0.3) is 5.91 Å². The summed E-state index contributed by atoms with van der Waals surface area (Å²) in [6, 6.07) is 15.5. The molecule has 6 N–H and O–H groups in total. The van der Waals surface area contributed by atoms with Crippen molar-refractivity contribution in [2.45, 2.75) is 30.4 Å². The first kappa shape index (κ1) is 20.1. The summed E-state index contributed by atoms with van der Waals surface area (Å²) in [7, 11) is 0. The molecule has 1 aliphatic rings. The zero-order chi connectivity index (χ0) is 21.1. The molecule has 2 aromatic rings. The van der Waals surface area contributed by atoms with E-state index in [1.165, 1.54) is 0 Å². The molecular weight excluding hydrogens is 372 g/mol. The van der Waals surface area contributed by atoms with E-state index in [9.17, 15) is 14.4 Å². The highest BCUT2D eigenvalue weighted by Gasteiger charge is 2.56. The molecule has 3 rings (SSSR count). The smallest absolute Gasteiger partial charge is 0.337 e. The number of amidine groups is 1. The Hall–Kier alpha value is -3.68. The Labute approximate surface area is 167 Å². The lowest BCUT2D eigenvalue weighted by atomic mass is 9.83. The molecule has 1 atom stereocenters. The van der Waals surface area contributed by atoms with Crippen LogP contribution in [-0.4, -0.2) is 29.7 Å². The standard InChI is InChI=1S/C21H22N4O4/c22-17(23)15-6-8-16(9-7-15)21(25-13-26,12-14-4-2-1-3-5-14)19(28)29-20(10-11-20)18(24)27/h1-9,13H,10-12H2,(H3,22,23)(H2,24,27)(H,25,26). The third-order valence-electron chi connectivity index (χ3n) is 5.10. The number of nitrogen functional groups attached to an aromatic ring is 1. The van der Waals surface area contributed by atoms with E-state index in [1.807, 2.05) is 30.3 Å². The number of nitrogens with two attached hydrogens (primary N) is 2. The molecule has 2 amide bonds. The van der Waals surface area contributed by atoms with Crippen LogP contribution in [0.4, 0.5) is 0 Å². The molecule has 0 bridgehead atoms. The van der Waals surface area contributed by atoms with Crippen molar-refractivity contribution >= 4 is 24.1 Å². The number of primary amides is 1. The Morgan fingerprint density at radius 1 is 1.10 bits per heavy atom. The van der Waals surface area contributed by atoms with Crippen LogP contribution in [0.5, 0.6) is 0 Å². The van der Waals surface area contributed by atoms with Gasteiger partial charge >= 0.3 is 5.97 Å². The second kappa shape index (κ2) is 7.75. The summed E-state index contributed by atoms with van der Waals surface area (Å²) in [5.41, 5.74) is 9.68. The molecular formula is C21H22N4O4. The van der Waals surface area contributed by atoms with Gasteiger partial charge in [-0.25, -0.2) is 4.79 Å². The van der Waals surface area contributed by atoms with Crippen molar-refractivity contribution in [2.24, 2.45) is 11.5 Å². The Kier molecular flexibility index (Phi) is 5.36. The number of carbonyl (C=O) groups excluding carboxylic acids is 3. The average Bonchev–Trinajstić information content (AvgIpc) is 3.49. The fourth-order valence-corrected chi connectivity index (χ4v) is 3.20. The van der Waals surface area contributed by atoms with Crippen molar-refractivity contribution in [3.05, 3.63) is 71.3 Å². The molecule has 1 aliphatic carbocycles. The molecule has 29 heavy (non-hydrogen) atoms. The first-order chi connectivity index (χ1) is 13.8. The monoisotopic (exact) mass is 394 g/mol. The van der Waals surface area contributed by atoms with Crippen molar-refractivity contribution in [1.29, 1.82) is 5.41 Å². The second-order valence-corrected chi connectivity index (χ2v) is 7.07. The summed E-state index contributed by atoms with van der Waals surface area (Å²) in [4.78, 5) is 36.6. The van der Waals surface area contributed by atoms with Gasteiger partial charge in [-0.1, -0.05) is 54.6 Å². The first-order valence-electron chi connectivity index (χ1n) is 9.06. The minimum absolute atomic E-state index is 0.0969. The summed E-state index contributed by atoms with van der Waals surface area (Å²) >= 11 is 0. The van der Waals surface area contributed by atoms with Crippen LogP contribution < -0.4 is 16.8 Å². The number of nitrogens with one attached hydrogen (secondary N) is 2. The lowest BCUT2D eigenvalue weighted by Crippen LogP contribution is -2.53. The summed E-state index contributed by atoms with van der Waals surface area (Å²) in [5.74, 6) is -1.61. The van der Waals surface area contributed by atoms with Gasteiger partial charge in [-0.2, -0.15) is 0 Å². The van der Waals surface area contributed by atoms with E-state index in [0.29, 0.717) is 30.4 Å². The van der Waals surface area contributed by atoms with Crippen molar-refractivity contribution in [3.8, 4) is 0 Å². The van der Waals surface area contributed by atoms with Crippen LogP contribution in [0.3, 0.4) is 0 Å². The van der Waals surface area contributed by atoms with E-state index < -0.39 is 23.0 Å². The number of rotatable bonds is 9. The Balaban J connectivity index is 2.06. The van der Waals surface area contributed by atoms with E-state index in [4.69, 9.17) is 21.6 Å². The minimum Gasteiger partial charge on any atom is -0.447 e. The van der Waals surface area contributed by atoms with Crippen LogP contribution in [0.25, 0.3) is 0 Å². The van der Waals surface area contributed by atoms with Crippen LogP contribution in [0.1, 0.15) is 29.5 Å². The largest absolute Gasteiger partial charge is 0.447 e. The van der Waals surface area contributed by atoms with E-state index in [1.54, 1.807) is 24.3 Å². The zero-order valence-electron chi connectivity index (χ0n) is 15.7. The van der Waals surface area contributed by atoms with Gasteiger partial charge in [-0.3, -0.25) is 15.0 Å². The van der Waals surface area contributed by atoms with E-state index in [2.05, 4.69) is 5.32 Å². The maximum absolute atomic E-state index is 13.3. The van der Waals surface area contributed by atoms with E-state index in [-0.39, 0.29) is 12.3 Å². The molecule has 8 heteroatoms. The van der Waals surface area contributed by atoms with Crippen molar-refractivity contribution in [3.63, 3.8) is 0 Å². The predicted molar refractivity (Wildman–Crippen MR) is 106 cm³/mol. The molecule has 1 fully saturated rings. The van der Waals surface area contributed by atoms with Gasteiger partial charge in [0.2, 0.25) is 6.41 Å². The topological polar surface area (TPSA) is 148 Å². The number of hydrogen-bond donors (Lipinski definition) is 4. The van der Waals surface area contributed by atoms with Crippen molar-refractivity contribution in [2.75, 3.05) is 0 Å². The Morgan fingerprint density at radius 2 is 1.72 bits per heavy atom. The maximum atomic E-state index is 13.3. The van der Waals surface area contributed by atoms with Gasteiger partial charge in [0.1, 0.15) is 5.84 Å². The molecule has 1 saturated carbocycles. The third kappa shape index (κ3) is 3.96. The van der Waals surface area contributed by atoms with Gasteiger partial charge < -0.3 is 21.5 Å². The lowest BCUT2D eigenvalue weighted by Gasteiger charge is -2.33. The molecule has 2 aromatic carbocycles. The minimum atomic E-state index is -1.58. The lowest BCUT2D eigenvalue weighted by molar-refractivity contribution is -0.165. The molecule has 0 radical (unpaired) electrons. The molecule has 0 aliphatic heterocycles. The van der Waals surface area contributed by atoms with Gasteiger partial charge in [-0.05, 0) is 11.1 Å². The number of benzene rings is 2. The van der Waals surface area contributed by atoms with Crippen molar-refractivity contribution in [1.82, 2.24) is 5.32 Å². The first-order valence-corrected chi connectivity index (χ1v) is 9.06. The van der Waals surface area contributed by atoms with Gasteiger partial charge in [0.15, 0.2) is 11.1 Å². The number of amides is 2. The van der Waals surface area contributed by atoms with Crippen LogP contribution in [0.2, 0.25) is 0 Å². The van der Waals surface area contributed by atoms with Crippen LogP contribution >= 0.6 is 0 Å². The Morgan fingerprint density at radius 3 is 2.21 bits per heavy atom. The highest BCUT2D eigenvalue weighted by molar-refractivity contribution is 5.95. The molecule has 0 aromatic heterocycles. The molecule has 0 spiro atoms. The number of carbonyl (C=O) groups is 3. The average molecular weight is 394 g/mol. The van der Waals surface area contributed by atoms with Crippen LogP contribution in [0, 0.1) is 5.41 Å². The second-order valence-electron chi connectivity index (χ2n) is 7.07. The summed E-state index contributed by atoms with van der Waals surface area (Å²) in [5, 5.41) is 10.1. The summed E-state index contributed by atoms with van der Waals surface area (Å²) < 4.78 is 5.53. The number of hydrogen-bond acceptors (Lipinski definition) is 5. The number of ether oxygens (including phenoxy) is 1. The quantitative estimate of drug-likeness (QED) is 0.214. The van der Waals surface area contributed by atoms with E-state index in [0.717, 1.165) is 5.56 Å². The van der Waals surface area contributed by atoms with Crippen LogP contribution in [0.15, 0.2) is 54.6 Å². The maximum Gasteiger partial charge on any atom is 0.337 e. The SMILES string of the molecule is N=C(N)c1ccc(C(Cc2ccccc2)(NC=O)C(=O)OC2(C(N)=O)CC2)cc1. The molecule has 0 saturated heterocycles. The van der Waals surface area contributed by atoms with Gasteiger partial charge in [0.05, 0.1) is 0 Å². The van der Waals surface area contributed by atoms with Crippen LogP contribution in [-0.2, 0) is 31.1 Å². The summed E-state index contributed by atoms with van der Waals surface area (Å²) in [6.07, 6.45) is 1.21. The fourth-order valence-electron chi connectivity index (χ4n) is 3.20. The fraction of sp³-hybridized carbons (Fsp3) is 0.238. The van der Waals surface area contributed by atoms with Gasteiger partial charge in [0, 0.05) is 24.8 Å². The third-order valence-corrected chi connectivity index (χ3v) is 5.10. The molecule has 1 unspecified atom stereocenters.